The van der Waals surface area contributed by atoms with Crippen LogP contribution < -0.4 is 19.6 Å². The van der Waals surface area contributed by atoms with E-state index in [0.717, 1.165) is 51.7 Å². The molecule has 0 aliphatic rings. The van der Waals surface area contributed by atoms with Crippen LogP contribution in [-0.2, 0) is 0 Å². The molecule has 0 fully saturated rings. The highest BCUT2D eigenvalue weighted by atomic mass is 32.1. The molecule has 0 atom stereocenters. The maximum Gasteiger partial charge on any atom is 0.291 e. The molecule has 0 spiro atoms. The molecule has 0 N–H and O–H groups in total. The zero-order chi connectivity index (χ0) is 31.5. The predicted octanol–water partition coefficient (Wildman–Crippen LogP) is 7.06. The van der Waals surface area contributed by atoms with Crippen molar-refractivity contribution in [1.29, 1.82) is 0 Å². The van der Waals surface area contributed by atoms with E-state index in [1.54, 1.807) is 13.2 Å². The number of nitrogens with zero attached hydrogens (tertiary/aromatic N) is 5. The number of methoxy groups -OCH3 is 1. The van der Waals surface area contributed by atoms with Gasteiger partial charge in [0, 0.05) is 17.3 Å². The standard InChI is InChI=1S/C37H31N5O3S/c1-3-4-20-45-31-18-14-25(21-32(31)44-2)15-19-34-38-37-42(39-34)36(43)33(46-37)23-29-24-41(30-12-6-5-7-13-30)40-35(29)28-17-16-26-10-8-9-11-27(26)22-28/h5-19,21-24H,3-4,20H2,1-2H3/b19-15+,33-23-. The number of para-hydroxylation sites is 1. The minimum absolute atomic E-state index is 0.223. The van der Waals surface area contributed by atoms with Gasteiger partial charge in [-0.05, 0) is 65.2 Å². The van der Waals surface area contributed by atoms with E-state index in [4.69, 9.17) is 14.6 Å². The van der Waals surface area contributed by atoms with Crippen molar-refractivity contribution < 1.29 is 9.47 Å². The molecule has 0 bridgehead atoms. The largest absolute Gasteiger partial charge is 0.493 e. The van der Waals surface area contributed by atoms with Crippen LogP contribution >= 0.6 is 11.3 Å². The number of aromatic nitrogens is 5. The van der Waals surface area contributed by atoms with Crippen LogP contribution in [0.1, 0.15) is 36.7 Å². The monoisotopic (exact) mass is 625 g/mol. The molecule has 3 aromatic heterocycles. The van der Waals surface area contributed by atoms with Gasteiger partial charge in [-0.1, -0.05) is 91.4 Å². The molecule has 7 aromatic rings. The Balaban J connectivity index is 1.22. The second kappa shape index (κ2) is 12.8. The zero-order valence-electron chi connectivity index (χ0n) is 25.5. The SMILES string of the molecule is CCCCOc1ccc(/C=C/c2nc3s/c(=C\c4cn(-c5ccccc5)nc4-c4ccc5ccccc5c4)c(=O)n3n2)cc1OC. The second-order valence-electron chi connectivity index (χ2n) is 10.8. The van der Waals surface area contributed by atoms with Crippen molar-refractivity contribution in [1.82, 2.24) is 24.4 Å². The van der Waals surface area contributed by atoms with Crippen molar-refractivity contribution in [2.75, 3.05) is 13.7 Å². The fraction of sp³-hybridized carbons (Fsp3) is 0.135. The van der Waals surface area contributed by atoms with Gasteiger partial charge >= 0.3 is 0 Å². The summed E-state index contributed by atoms with van der Waals surface area (Å²) in [4.78, 5) is 18.6. The number of ether oxygens (including phenoxy) is 2. The Labute approximate surface area is 269 Å². The quantitative estimate of drug-likeness (QED) is 0.151. The Morgan fingerprint density at radius 1 is 0.870 bits per heavy atom. The van der Waals surface area contributed by atoms with Gasteiger partial charge < -0.3 is 9.47 Å². The number of thiazole rings is 1. The molecule has 0 saturated heterocycles. The Kier molecular flexibility index (Phi) is 8.14. The van der Waals surface area contributed by atoms with Gasteiger partial charge in [-0.2, -0.15) is 14.6 Å². The highest BCUT2D eigenvalue weighted by Gasteiger charge is 2.15. The summed E-state index contributed by atoms with van der Waals surface area (Å²) in [7, 11) is 1.63. The van der Waals surface area contributed by atoms with Crippen molar-refractivity contribution in [3.05, 3.63) is 129 Å². The van der Waals surface area contributed by atoms with Crippen LogP contribution in [0.4, 0.5) is 0 Å². The molecule has 0 amide bonds. The third-order valence-electron chi connectivity index (χ3n) is 7.64. The molecular formula is C37H31N5O3S. The fourth-order valence-corrected chi connectivity index (χ4v) is 6.14. The minimum Gasteiger partial charge on any atom is -0.493 e. The lowest BCUT2D eigenvalue weighted by Crippen LogP contribution is -2.23. The molecule has 0 aliphatic carbocycles. The van der Waals surface area contributed by atoms with E-state index in [1.807, 2.05) is 83.7 Å². The van der Waals surface area contributed by atoms with E-state index in [9.17, 15) is 4.79 Å². The van der Waals surface area contributed by atoms with E-state index < -0.39 is 0 Å². The first-order valence-electron chi connectivity index (χ1n) is 15.1. The maximum absolute atomic E-state index is 13.5. The number of unbranched alkanes of at least 4 members (excludes halogenated alkanes) is 1. The topological polar surface area (TPSA) is 83.5 Å². The van der Waals surface area contributed by atoms with Gasteiger partial charge in [-0.25, -0.2) is 4.68 Å². The number of benzene rings is 4. The summed E-state index contributed by atoms with van der Waals surface area (Å²) in [5, 5.41) is 11.7. The normalized spacial score (nSPS) is 12.1. The van der Waals surface area contributed by atoms with Crippen molar-refractivity contribution in [3.63, 3.8) is 0 Å². The molecular weight excluding hydrogens is 595 g/mol. The van der Waals surface area contributed by atoms with Gasteiger partial charge in [-0.3, -0.25) is 4.79 Å². The Morgan fingerprint density at radius 2 is 1.70 bits per heavy atom. The third kappa shape index (κ3) is 5.92. The summed E-state index contributed by atoms with van der Waals surface area (Å²) in [5.74, 6) is 1.83. The first kappa shape index (κ1) is 29.2. The van der Waals surface area contributed by atoms with Crippen LogP contribution in [0.2, 0.25) is 0 Å². The molecule has 46 heavy (non-hydrogen) atoms. The van der Waals surface area contributed by atoms with Crippen molar-refractivity contribution in [2.45, 2.75) is 19.8 Å². The first-order valence-corrected chi connectivity index (χ1v) is 16.0. The summed E-state index contributed by atoms with van der Waals surface area (Å²) in [5.41, 5.74) is 4.20. The second-order valence-corrected chi connectivity index (χ2v) is 11.8. The summed E-state index contributed by atoms with van der Waals surface area (Å²) in [6, 6.07) is 30.2. The van der Waals surface area contributed by atoms with Crippen LogP contribution in [0.15, 0.2) is 102 Å². The molecule has 228 valence electrons. The van der Waals surface area contributed by atoms with Crippen LogP contribution in [0, 0.1) is 0 Å². The Bertz CT molecular complexity index is 2300. The minimum atomic E-state index is -0.223. The van der Waals surface area contributed by atoms with Gasteiger partial charge in [0.25, 0.3) is 5.56 Å². The molecule has 7 rings (SSSR count). The fourth-order valence-electron chi connectivity index (χ4n) is 5.23. The summed E-state index contributed by atoms with van der Waals surface area (Å²) in [6.45, 7) is 2.77. The number of rotatable bonds is 10. The number of hydrogen-bond donors (Lipinski definition) is 0. The molecule has 4 aromatic carbocycles. The average molecular weight is 626 g/mol. The summed E-state index contributed by atoms with van der Waals surface area (Å²) in [6.07, 6.45) is 9.57. The van der Waals surface area contributed by atoms with Gasteiger partial charge in [0.15, 0.2) is 17.3 Å². The molecule has 0 unspecified atom stereocenters. The van der Waals surface area contributed by atoms with Gasteiger partial charge in [0.1, 0.15) is 5.69 Å². The lowest BCUT2D eigenvalue weighted by molar-refractivity contribution is 0.288. The van der Waals surface area contributed by atoms with Gasteiger partial charge in [0.05, 0.1) is 23.9 Å². The smallest absolute Gasteiger partial charge is 0.291 e. The third-order valence-corrected chi connectivity index (χ3v) is 8.60. The first-order chi connectivity index (χ1) is 22.6. The van der Waals surface area contributed by atoms with Crippen molar-refractivity contribution in [2.24, 2.45) is 0 Å². The molecule has 9 heteroatoms. The number of hydrogen-bond acceptors (Lipinski definition) is 7. The zero-order valence-corrected chi connectivity index (χ0v) is 26.3. The van der Waals surface area contributed by atoms with Crippen LogP contribution in [0.3, 0.4) is 0 Å². The lowest BCUT2D eigenvalue weighted by atomic mass is 10.0. The highest BCUT2D eigenvalue weighted by molar-refractivity contribution is 7.15. The molecule has 0 aliphatic heterocycles. The lowest BCUT2D eigenvalue weighted by Gasteiger charge is -2.10. The number of fused-ring (bicyclic) bond motifs is 2. The van der Waals surface area contributed by atoms with Crippen LogP contribution in [-0.4, -0.2) is 38.1 Å². The molecule has 0 radical (unpaired) electrons. The van der Waals surface area contributed by atoms with Crippen LogP contribution in [0.5, 0.6) is 11.5 Å². The Morgan fingerprint density at radius 3 is 2.50 bits per heavy atom. The van der Waals surface area contributed by atoms with Gasteiger partial charge in [-0.15, -0.1) is 5.10 Å². The Hall–Kier alpha value is -5.54. The van der Waals surface area contributed by atoms with Crippen molar-refractivity contribution in [3.8, 4) is 28.4 Å². The van der Waals surface area contributed by atoms with Crippen LogP contribution in [0.25, 0.3) is 50.9 Å². The van der Waals surface area contributed by atoms with Gasteiger partial charge in [0.2, 0.25) is 4.96 Å². The average Bonchev–Trinajstić information content (AvgIpc) is 3.78. The highest BCUT2D eigenvalue weighted by Crippen LogP contribution is 2.30. The predicted molar refractivity (Wildman–Crippen MR) is 185 cm³/mol. The van der Waals surface area contributed by atoms with Crippen molar-refractivity contribution >= 4 is 45.3 Å². The van der Waals surface area contributed by atoms with E-state index in [2.05, 4.69) is 47.3 Å². The summed E-state index contributed by atoms with van der Waals surface area (Å²) < 4.78 is 15.1. The van der Waals surface area contributed by atoms with E-state index >= 15 is 0 Å². The summed E-state index contributed by atoms with van der Waals surface area (Å²) >= 11 is 1.30. The van der Waals surface area contributed by atoms with E-state index in [0.29, 0.717) is 33.4 Å². The maximum atomic E-state index is 13.5. The van der Waals surface area contributed by atoms with E-state index in [-0.39, 0.29) is 5.56 Å². The molecule has 3 heterocycles. The molecule has 8 nitrogen and oxygen atoms in total. The van der Waals surface area contributed by atoms with E-state index in [1.165, 1.54) is 15.9 Å². The molecule has 0 saturated carbocycles.